The molecule has 0 saturated heterocycles. The molecule has 6 nitrogen and oxygen atoms in total. The highest BCUT2D eigenvalue weighted by Crippen LogP contribution is 2.15. The average molecular weight is 292 g/mol. The van der Waals surface area contributed by atoms with Gasteiger partial charge in [-0.25, -0.2) is 4.98 Å². The lowest BCUT2D eigenvalue weighted by Crippen LogP contribution is -2.23. The van der Waals surface area contributed by atoms with Crippen molar-refractivity contribution in [2.75, 3.05) is 11.9 Å². The summed E-state index contributed by atoms with van der Waals surface area (Å²) >= 11 is 4.75. The highest BCUT2D eigenvalue weighted by molar-refractivity contribution is 7.80. The van der Waals surface area contributed by atoms with E-state index < -0.39 is 6.10 Å². The molecule has 0 aliphatic heterocycles. The lowest BCUT2D eigenvalue weighted by molar-refractivity contribution is 0.0925. The molecule has 1 aromatic carbocycles. The highest BCUT2D eigenvalue weighted by Gasteiger charge is 2.06. The van der Waals surface area contributed by atoms with Crippen LogP contribution in [0.4, 0.5) is 5.69 Å². The number of thiocarbonyl (C=S) groups is 1. The fourth-order valence-corrected chi connectivity index (χ4v) is 1.78. The van der Waals surface area contributed by atoms with Gasteiger partial charge >= 0.3 is 0 Å². The molecule has 20 heavy (non-hydrogen) atoms. The molecule has 2 aromatic rings. The number of anilines is 1. The molecule has 0 bridgehead atoms. The van der Waals surface area contributed by atoms with Gasteiger partial charge in [-0.15, -0.1) is 0 Å². The first kappa shape index (κ1) is 14.3. The zero-order valence-electron chi connectivity index (χ0n) is 10.8. The van der Waals surface area contributed by atoms with E-state index in [9.17, 15) is 5.11 Å². The topological polar surface area (TPSA) is 85.3 Å². The van der Waals surface area contributed by atoms with Crippen LogP contribution in [0.25, 0.3) is 0 Å². The molecule has 2 rings (SSSR count). The summed E-state index contributed by atoms with van der Waals surface area (Å²) in [5, 5.41) is 12.9. The van der Waals surface area contributed by atoms with Crippen molar-refractivity contribution in [3.05, 3.63) is 43.0 Å². The van der Waals surface area contributed by atoms with Gasteiger partial charge in [-0.2, -0.15) is 0 Å². The summed E-state index contributed by atoms with van der Waals surface area (Å²) in [6.07, 6.45) is 4.51. The number of aromatic nitrogens is 2. The third-order valence-electron chi connectivity index (χ3n) is 2.54. The van der Waals surface area contributed by atoms with Crippen molar-refractivity contribution in [2.24, 2.45) is 5.73 Å². The molecule has 106 valence electrons. The number of benzene rings is 1. The molecule has 0 amide bonds. The molecule has 0 saturated carbocycles. The quantitative estimate of drug-likeness (QED) is 0.688. The van der Waals surface area contributed by atoms with Gasteiger partial charge in [-0.05, 0) is 36.5 Å². The van der Waals surface area contributed by atoms with Gasteiger partial charge in [0.25, 0.3) is 0 Å². The number of imidazole rings is 1. The van der Waals surface area contributed by atoms with Crippen LogP contribution in [0.15, 0.2) is 43.0 Å². The molecule has 0 aliphatic rings. The zero-order valence-corrected chi connectivity index (χ0v) is 11.6. The molecule has 1 heterocycles. The molecule has 0 fully saturated rings. The van der Waals surface area contributed by atoms with Gasteiger partial charge in [0, 0.05) is 18.1 Å². The minimum Gasteiger partial charge on any atom is -0.491 e. The predicted molar refractivity (Wildman–Crippen MR) is 80.6 cm³/mol. The van der Waals surface area contributed by atoms with Gasteiger partial charge < -0.3 is 25.5 Å². The number of hydrogen-bond donors (Lipinski definition) is 3. The Morgan fingerprint density at radius 2 is 2.20 bits per heavy atom. The van der Waals surface area contributed by atoms with E-state index in [2.05, 4.69) is 10.3 Å². The second-order valence-corrected chi connectivity index (χ2v) is 4.68. The lowest BCUT2D eigenvalue weighted by Gasteiger charge is -2.13. The number of rotatable bonds is 6. The summed E-state index contributed by atoms with van der Waals surface area (Å²) in [7, 11) is 0. The van der Waals surface area contributed by atoms with Gasteiger partial charge in [-0.3, -0.25) is 0 Å². The van der Waals surface area contributed by atoms with Crippen LogP contribution >= 0.6 is 12.2 Å². The standard InChI is InChI=1S/C13H16N4O2S/c14-13(20)16-10-1-3-12(4-2-10)19-8-11(18)7-17-6-5-15-9-17/h1-6,9,11,18H,7-8H2,(H3,14,16,20). The van der Waals surface area contributed by atoms with Crippen LogP contribution in [0.2, 0.25) is 0 Å². The van der Waals surface area contributed by atoms with Crippen molar-refractivity contribution in [3.8, 4) is 5.75 Å². The summed E-state index contributed by atoms with van der Waals surface area (Å²) in [5.74, 6) is 0.670. The Bertz CT molecular complexity index is 542. The molecule has 7 heteroatoms. The van der Waals surface area contributed by atoms with Gasteiger partial charge in [-0.1, -0.05) is 0 Å². The molecule has 0 spiro atoms. The maximum atomic E-state index is 9.84. The van der Waals surface area contributed by atoms with Crippen LogP contribution in [-0.4, -0.2) is 32.5 Å². The van der Waals surface area contributed by atoms with E-state index in [-0.39, 0.29) is 11.7 Å². The number of hydrogen-bond acceptors (Lipinski definition) is 4. The Kier molecular flexibility index (Phi) is 4.91. The Hall–Kier alpha value is -2.12. The first-order valence-electron chi connectivity index (χ1n) is 6.06. The molecule has 4 N–H and O–H groups in total. The number of aliphatic hydroxyl groups is 1. The number of nitrogens with one attached hydrogen (secondary N) is 1. The van der Waals surface area contributed by atoms with E-state index in [4.69, 9.17) is 22.7 Å². The molecular formula is C13H16N4O2S. The maximum Gasteiger partial charge on any atom is 0.168 e. The Morgan fingerprint density at radius 1 is 1.45 bits per heavy atom. The summed E-state index contributed by atoms with van der Waals surface area (Å²) in [4.78, 5) is 3.91. The molecule has 1 atom stereocenters. The lowest BCUT2D eigenvalue weighted by atomic mass is 10.3. The fraction of sp³-hybridized carbons (Fsp3) is 0.231. The van der Waals surface area contributed by atoms with Crippen LogP contribution in [0.1, 0.15) is 0 Å². The van der Waals surface area contributed by atoms with Crippen LogP contribution in [0.5, 0.6) is 5.75 Å². The van der Waals surface area contributed by atoms with E-state index in [0.717, 1.165) is 5.69 Å². The normalized spacial score (nSPS) is 11.8. The van der Waals surface area contributed by atoms with Gasteiger partial charge in [0.05, 0.1) is 12.9 Å². The first-order valence-corrected chi connectivity index (χ1v) is 6.47. The highest BCUT2D eigenvalue weighted by atomic mass is 32.1. The first-order chi connectivity index (χ1) is 9.63. The number of aliphatic hydroxyl groups excluding tert-OH is 1. The van der Waals surface area contributed by atoms with Crippen molar-refractivity contribution in [3.63, 3.8) is 0 Å². The summed E-state index contributed by atoms with van der Waals surface area (Å²) in [5.41, 5.74) is 6.17. The summed E-state index contributed by atoms with van der Waals surface area (Å²) in [6, 6.07) is 7.17. The average Bonchev–Trinajstić information content (AvgIpc) is 2.90. The van der Waals surface area contributed by atoms with Gasteiger partial charge in [0.2, 0.25) is 0 Å². The minimum absolute atomic E-state index is 0.209. The second-order valence-electron chi connectivity index (χ2n) is 4.24. The smallest absolute Gasteiger partial charge is 0.168 e. The third kappa shape index (κ3) is 4.52. The number of nitrogens with two attached hydrogens (primary N) is 1. The largest absolute Gasteiger partial charge is 0.491 e. The van der Waals surface area contributed by atoms with E-state index in [1.807, 2.05) is 0 Å². The Balaban J connectivity index is 1.80. The molecule has 1 unspecified atom stereocenters. The van der Waals surface area contributed by atoms with Crippen molar-refractivity contribution in [2.45, 2.75) is 12.6 Å². The van der Waals surface area contributed by atoms with E-state index in [1.165, 1.54) is 0 Å². The van der Waals surface area contributed by atoms with Crippen LogP contribution < -0.4 is 15.8 Å². The summed E-state index contributed by atoms with van der Waals surface area (Å²) in [6.45, 7) is 0.654. The van der Waals surface area contributed by atoms with E-state index in [1.54, 1.807) is 47.6 Å². The predicted octanol–water partition coefficient (Wildman–Crippen LogP) is 0.978. The van der Waals surface area contributed by atoms with E-state index in [0.29, 0.717) is 12.3 Å². The number of nitrogens with zero attached hydrogens (tertiary/aromatic N) is 2. The van der Waals surface area contributed by atoms with E-state index >= 15 is 0 Å². The van der Waals surface area contributed by atoms with Crippen molar-refractivity contribution >= 4 is 23.0 Å². The molecule has 0 aliphatic carbocycles. The molecular weight excluding hydrogens is 276 g/mol. The third-order valence-corrected chi connectivity index (χ3v) is 2.65. The molecule has 0 radical (unpaired) electrons. The van der Waals surface area contributed by atoms with Crippen LogP contribution in [-0.2, 0) is 6.54 Å². The fourth-order valence-electron chi connectivity index (χ4n) is 1.66. The zero-order chi connectivity index (χ0) is 14.4. The van der Waals surface area contributed by atoms with Crippen molar-refractivity contribution in [1.82, 2.24) is 9.55 Å². The van der Waals surface area contributed by atoms with Crippen molar-refractivity contribution < 1.29 is 9.84 Å². The van der Waals surface area contributed by atoms with Gasteiger partial charge in [0.15, 0.2) is 5.11 Å². The SMILES string of the molecule is NC(=S)Nc1ccc(OCC(O)Cn2ccnc2)cc1. The Morgan fingerprint density at radius 3 is 2.80 bits per heavy atom. The Labute approximate surface area is 122 Å². The number of ether oxygens (including phenoxy) is 1. The second kappa shape index (κ2) is 6.88. The summed E-state index contributed by atoms with van der Waals surface area (Å²) < 4.78 is 7.30. The minimum atomic E-state index is -0.598. The maximum absolute atomic E-state index is 9.84. The monoisotopic (exact) mass is 292 g/mol. The van der Waals surface area contributed by atoms with Gasteiger partial charge in [0.1, 0.15) is 18.5 Å². The van der Waals surface area contributed by atoms with Crippen LogP contribution in [0, 0.1) is 0 Å². The molecule has 1 aromatic heterocycles. The van der Waals surface area contributed by atoms with Crippen LogP contribution in [0.3, 0.4) is 0 Å². The van der Waals surface area contributed by atoms with Crippen molar-refractivity contribution in [1.29, 1.82) is 0 Å².